The van der Waals surface area contributed by atoms with Gasteiger partial charge in [-0.05, 0) is 49.9 Å². The Morgan fingerprint density at radius 3 is 2.40 bits per heavy atom. The first-order chi connectivity index (χ1) is 9.27. The maximum Gasteiger partial charge on any atom is 0.144 e. The van der Waals surface area contributed by atoms with Crippen LogP contribution in [0.3, 0.4) is 0 Å². The number of nitrogens with zero attached hydrogens (tertiary/aromatic N) is 1. The summed E-state index contributed by atoms with van der Waals surface area (Å²) in [7, 11) is 0. The molecule has 0 saturated carbocycles. The van der Waals surface area contributed by atoms with Crippen LogP contribution in [0.1, 0.15) is 37.8 Å². The average molecular weight is 342 g/mol. The van der Waals surface area contributed by atoms with E-state index in [0.29, 0.717) is 0 Å². The quantitative estimate of drug-likeness (QED) is 0.240. The number of nitrogens with one attached hydrogen (secondary N) is 1. The van der Waals surface area contributed by atoms with Crippen molar-refractivity contribution < 1.29 is 5.21 Å². The third-order valence-corrected chi connectivity index (χ3v) is 4.80. The van der Waals surface area contributed by atoms with Gasteiger partial charge in [-0.2, -0.15) is 0 Å². The first-order valence-electron chi connectivity index (χ1n) is 6.76. The van der Waals surface area contributed by atoms with Crippen molar-refractivity contribution in [3.63, 3.8) is 0 Å². The summed E-state index contributed by atoms with van der Waals surface area (Å²) in [5.41, 5.74) is 8.98. The van der Waals surface area contributed by atoms with Crippen LogP contribution in [0.25, 0.3) is 0 Å². The van der Waals surface area contributed by atoms with Crippen molar-refractivity contribution in [3.8, 4) is 0 Å². The highest BCUT2D eigenvalue weighted by Crippen LogP contribution is 2.26. The molecule has 0 radical (unpaired) electrons. The molecule has 0 aliphatic rings. The van der Waals surface area contributed by atoms with Crippen LogP contribution in [-0.2, 0) is 0 Å². The van der Waals surface area contributed by atoms with E-state index in [1.807, 2.05) is 13.8 Å². The van der Waals surface area contributed by atoms with Crippen LogP contribution in [0.5, 0.6) is 0 Å². The molecule has 0 aromatic heterocycles. The molecule has 112 valence electrons. The molecular weight excluding hydrogens is 318 g/mol. The molecule has 0 aliphatic carbocycles. The number of amidine groups is 1. The van der Waals surface area contributed by atoms with E-state index < -0.39 is 0 Å². The lowest BCUT2D eigenvalue weighted by Gasteiger charge is -2.22. The van der Waals surface area contributed by atoms with E-state index >= 15 is 0 Å². The largest absolute Gasteiger partial charge is 0.409 e. The van der Waals surface area contributed by atoms with E-state index in [2.05, 4.69) is 52.4 Å². The lowest BCUT2D eigenvalue weighted by atomic mass is 9.86. The van der Waals surface area contributed by atoms with Gasteiger partial charge in [0.25, 0.3) is 0 Å². The second-order valence-corrected chi connectivity index (χ2v) is 6.62. The van der Waals surface area contributed by atoms with Crippen LogP contribution in [0.4, 0.5) is 5.69 Å². The molecule has 1 aromatic carbocycles. The number of benzene rings is 1. The van der Waals surface area contributed by atoms with Crippen molar-refractivity contribution in [2.24, 2.45) is 16.3 Å². The Hall–Kier alpha value is -1.23. The first-order valence-corrected chi connectivity index (χ1v) is 7.56. The molecule has 0 fully saturated rings. The molecule has 1 rings (SSSR count). The zero-order valence-electron chi connectivity index (χ0n) is 12.6. The minimum Gasteiger partial charge on any atom is -0.409 e. The van der Waals surface area contributed by atoms with Gasteiger partial charge in [0.1, 0.15) is 5.84 Å². The number of oxime groups is 1. The first kappa shape index (κ1) is 16.8. The molecule has 4 N–H and O–H groups in total. The average Bonchev–Trinajstić information content (AvgIpc) is 2.39. The number of aryl methyl sites for hydroxylation is 2. The Morgan fingerprint density at radius 1 is 1.35 bits per heavy atom. The van der Waals surface area contributed by atoms with Gasteiger partial charge in [-0.1, -0.05) is 34.9 Å². The van der Waals surface area contributed by atoms with E-state index in [0.717, 1.165) is 29.5 Å². The molecule has 1 aromatic rings. The lowest BCUT2D eigenvalue weighted by Crippen LogP contribution is -2.32. The third kappa shape index (κ3) is 4.40. The van der Waals surface area contributed by atoms with Gasteiger partial charge in [0.15, 0.2) is 0 Å². The van der Waals surface area contributed by atoms with Crippen molar-refractivity contribution in [1.29, 1.82) is 0 Å². The third-order valence-electron chi connectivity index (χ3n) is 3.55. The predicted octanol–water partition coefficient (Wildman–Crippen LogP) is 4.03. The summed E-state index contributed by atoms with van der Waals surface area (Å²) in [6.07, 6.45) is 1.82. The Kier molecular flexibility index (Phi) is 5.87. The molecular formula is C15H24BrN3O. The molecule has 0 saturated heterocycles. The summed E-state index contributed by atoms with van der Waals surface area (Å²) in [5.74, 6) is 0.285. The van der Waals surface area contributed by atoms with E-state index in [9.17, 15) is 0 Å². The van der Waals surface area contributed by atoms with Gasteiger partial charge in [-0.3, -0.25) is 0 Å². The number of nitrogens with two attached hydrogens (primary N) is 1. The van der Waals surface area contributed by atoms with Gasteiger partial charge in [-0.15, -0.1) is 0 Å². The van der Waals surface area contributed by atoms with Gasteiger partial charge >= 0.3 is 0 Å². The molecule has 0 aliphatic heterocycles. The molecule has 0 atom stereocenters. The minimum atomic E-state index is -0.276. The fourth-order valence-electron chi connectivity index (χ4n) is 2.07. The Morgan fingerprint density at radius 2 is 1.90 bits per heavy atom. The van der Waals surface area contributed by atoms with Gasteiger partial charge in [0.05, 0.1) is 0 Å². The predicted molar refractivity (Wildman–Crippen MR) is 88.5 cm³/mol. The summed E-state index contributed by atoms with van der Waals surface area (Å²) in [4.78, 5) is 0. The number of rotatable bonds is 6. The molecule has 5 heteroatoms. The van der Waals surface area contributed by atoms with E-state index in [1.165, 1.54) is 11.1 Å². The molecule has 0 unspecified atom stereocenters. The van der Waals surface area contributed by atoms with Crippen molar-refractivity contribution >= 4 is 27.5 Å². The number of anilines is 1. The molecule has 4 nitrogen and oxygen atoms in total. The van der Waals surface area contributed by atoms with Gasteiger partial charge in [-0.25, -0.2) is 0 Å². The fourth-order valence-corrected chi connectivity index (χ4v) is 2.30. The number of halogens is 1. The molecule has 0 heterocycles. The SMILES string of the molecule is Cc1cc(NCCCC(C)(C)/C(N)=N/O)cc(C)c1Br. The Balaban J connectivity index is 2.50. The van der Waals surface area contributed by atoms with Gasteiger partial charge in [0, 0.05) is 22.1 Å². The maximum absolute atomic E-state index is 8.73. The normalized spacial score (nSPS) is 12.6. The highest BCUT2D eigenvalue weighted by atomic mass is 79.9. The Labute approximate surface area is 129 Å². The van der Waals surface area contributed by atoms with Crippen molar-refractivity contribution in [1.82, 2.24) is 0 Å². The van der Waals surface area contributed by atoms with E-state index in [4.69, 9.17) is 10.9 Å². The fraction of sp³-hybridized carbons (Fsp3) is 0.533. The molecule has 0 spiro atoms. The zero-order valence-corrected chi connectivity index (χ0v) is 14.2. The topological polar surface area (TPSA) is 70.6 Å². The second kappa shape index (κ2) is 6.97. The highest BCUT2D eigenvalue weighted by molar-refractivity contribution is 9.10. The molecule has 20 heavy (non-hydrogen) atoms. The summed E-state index contributed by atoms with van der Waals surface area (Å²) >= 11 is 3.57. The van der Waals surface area contributed by atoms with Crippen LogP contribution in [0.15, 0.2) is 21.8 Å². The van der Waals surface area contributed by atoms with Gasteiger partial charge < -0.3 is 16.3 Å². The van der Waals surface area contributed by atoms with Crippen LogP contribution in [-0.4, -0.2) is 17.6 Å². The van der Waals surface area contributed by atoms with Crippen LogP contribution < -0.4 is 11.1 Å². The maximum atomic E-state index is 8.73. The van der Waals surface area contributed by atoms with Crippen LogP contribution in [0.2, 0.25) is 0 Å². The Bertz CT molecular complexity index is 475. The smallest absolute Gasteiger partial charge is 0.144 e. The standard InChI is InChI=1S/C15H24BrN3O/c1-10-8-12(9-11(2)13(10)16)18-7-5-6-15(3,4)14(17)19-20/h8-9,18,20H,5-7H2,1-4H3,(H2,17,19). The van der Waals surface area contributed by atoms with Crippen LogP contribution >= 0.6 is 15.9 Å². The summed E-state index contributed by atoms with van der Waals surface area (Å²) in [6, 6.07) is 4.26. The van der Waals surface area contributed by atoms with E-state index in [1.54, 1.807) is 0 Å². The monoisotopic (exact) mass is 341 g/mol. The summed E-state index contributed by atoms with van der Waals surface area (Å²) < 4.78 is 1.16. The van der Waals surface area contributed by atoms with Gasteiger partial charge in [0.2, 0.25) is 0 Å². The lowest BCUT2D eigenvalue weighted by molar-refractivity contribution is 0.305. The van der Waals surface area contributed by atoms with E-state index in [-0.39, 0.29) is 11.3 Å². The molecule has 0 amide bonds. The van der Waals surface area contributed by atoms with Crippen molar-refractivity contribution in [2.45, 2.75) is 40.5 Å². The summed E-state index contributed by atoms with van der Waals surface area (Å²) in [6.45, 7) is 9.00. The van der Waals surface area contributed by atoms with Crippen molar-refractivity contribution in [3.05, 3.63) is 27.7 Å². The number of hydrogen-bond donors (Lipinski definition) is 3. The van der Waals surface area contributed by atoms with Crippen LogP contribution in [0, 0.1) is 19.3 Å². The highest BCUT2D eigenvalue weighted by Gasteiger charge is 2.22. The minimum absolute atomic E-state index is 0.276. The second-order valence-electron chi connectivity index (χ2n) is 5.82. The summed E-state index contributed by atoms with van der Waals surface area (Å²) in [5, 5.41) is 15.3. The molecule has 0 bridgehead atoms. The number of hydrogen-bond acceptors (Lipinski definition) is 3. The zero-order chi connectivity index (χ0) is 15.3. The van der Waals surface area contributed by atoms with Crippen molar-refractivity contribution in [2.75, 3.05) is 11.9 Å².